The second-order valence-electron chi connectivity index (χ2n) is 4.41. The molecule has 0 fully saturated rings. The number of halogens is 2. The molecule has 106 valence electrons. The molecular weight excluding hydrogens is 268 g/mol. The number of anilines is 1. The average Bonchev–Trinajstić information content (AvgIpc) is 2.68. The SMILES string of the molecule is NNc1cc(C(F)F)nc2cc3c(cc12)OCCCO3. The van der Waals surface area contributed by atoms with Gasteiger partial charge in [-0.1, -0.05) is 0 Å². The number of nitrogen functional groups attached to an aromatic ring is 1. The predicted octanol–water partition coefficient (Wildman–Crippen LogP) is 2.62. The van der Waals surface area contributed by atoms with Crippen LogP contribution < -0.4 is 20.7 Å². The average molecular weight is 281 g/mol. The van der Waals surface area contributed by atoms with E-state index < -0.39 is 6.43 Å². The third-order valence-electron chi connectivity index (χ3n) is 3.08. The fourth-order valence-electron chi connectivity index (χ4n) is 2.13. The third kappa shape index (κ3) is 2.20. The number of ether oxygens (including phenoxy) is 2. The zero-order valence-electron chi connectivity index (χ0n) is 10.5. The van der Waals surface area contributed by atoms with Crippen molar-refractivity contribution >= 4 is 16.6 Å². The first-order valence-electron chi connectivity index (χ1n) is 6.18. The van der Waals surface area contributed by atoms with Gasteiger partial charge in [-0.2, -0.15) is 0 Å². The molecule has 0 aliphatic carbocycles. The number of fused-ring (bicyclic) bond motifs is 2. The van der Waals surface area contributed by atoms with E-state index in [0.717, 1.165) is 6.42 Å². The second kappa shape index (κ2) is 5.09. The Bertz CT molecular complexity index is 649. The van der Waals surface area contributed by atoms with E-state index in [0.29, 0.717) is 41.3 Å². The molecule has 0 amide bonds. The van der Waals surface area contributed by atoms with E-state index >= 15 is 0 Å². The van der Waals surface area contributed by atoms with Crippen LogP contribution in [0.1, 0.15) is 18.5 Å². The van der Waals surface area contributed by atoms with Gasteiger partial charge >= 0.3 is 0 Å². The van der Waals surface area contributed by atoms with E-state index in [1.54, 1.807) is 12.1 Å². The van der Waals surface area contributed by atoms with Gasteiger partial charge < -0.3 is 14.9 Å². The summed E-state index contributed by atoms with van der Waals surface area (Å²) < 4.78 is 36.7. The Labute approximate surface area is 113 Å². The highest BCUT2D eigenvalue weighted by Gasteiger charge is 2.17. The number of nitrogens with zero attached hydrogens (tertiary/aromatic N) is 1. The first kappa shape index (κ1) is 12.9. The van der Waals surface area contributed by atoms with Crippen LogP contribution >= 0.6 is 0 Å². The van der Waals surface area contributed by atoms with Gasteiger partial charge in [0.25, 0.3) is 6.43 Å². The van der Waals surface area contributed by atoms with Crippen LogP contribution in [-0.2, 0) is 0 Å². The molecule has 0 saturated heterocycles. The van der Waals surface area contributed by atoms with Crippen molar-refractivity contribution in [2.24, 2.45) is 5.84 Å². The minimum absolute atomic E-state index is 0.333. The molecule has 0 radical (unpaired) electrons. The van der Waals surface area contributed by atoms with Gasteiger partial charge in [0.05, 0.1) is 24.4 Å². The van der Waals surface area contributed by atoms with Crippen LogP contribution in [0.2, 0.25) is 0 Å². The fourth-order valence-corrected chi connectivity index (χ4v) is 2.13. The highest BCUT2D eigenvalue weighted by Crippen LogP contribution is 2.37. The van der Waals surface area contributed by atoms with Crippen molar-refractivity contribution in [2.45, 2.75) is 12.8 Å². The largest absolute Gasteiger partial charge is 0.490 e. The number of hydrazine groups is 1. The van der Waals surface area contributed by atoms with E-state index in [1.165, 1.54) is 6.07 Å². The van der Waals surface area contributed by atoms with E-state index in [1.807, 2.05) is 0 Å². The molecule has 2 aromatic rings. The van der Waals surface area contributed by atoms with Crippen LogP contribution in [-0.4, -0.2) is 18.2 Å². The number of hydrogen-bond donors (Lipinski definition) is 2. The smallest absolute Gasteiger partial charge is 0.280 e. The highest BCUT2D eigenvalue weighted by molar-refractivity contribution is 5.93. The van der Waals surface area contributed by atoms with Crippen LogP contribution in [0.3, 0.4) is 0 Å². The van der Waals surface area contributed by atoms with Crippen molar-refractivity contribution < 1.29 is 18.3 Å². The Morgan fingerprint density at radius 2 is 1.85 bits per heavy atom. The molecule has 2 heterocycles. The lowest BCUT2D eigenvalue weighted by Crippen LogP contribution is -2.09. The molecule has 3 N–H and O–H groups in total. The zero-order chi connectivity index (χ0) is 14.1. The molecule has 0 saturated carbocycles. The van der Waals surface area contributed by atoms with Crippen LogP contribution in [0.15, 0.2) is 18.2 Å². The Hall–Kier alpha value is -2.15. The van der Waals surface area contributed by atoms with Crippen molar-refractivity contribution in [1.82, 2.24) is 4.98 Å². The van der Waals surface area contributed by atoms with Crippen molar-refractivity contribution in [1.29, 1.82) is 0 Å². The first-order valence-corrected chi connectivity index (χ1v) is 6.18. The molecule has 1 aromatic heterocycles. The lowest BCUT2D eigenvalue weighted by atomic mass is 10.1. The maximum Gasteiger partial charge on any atom is 0.280 e. The van der Waals surface area contributed by atoms with Gasteiger partial charge in [-0.25, -0.2) is 13.8 Å². The molecule has 0 atom stereocenters. The summed E-state index contributed by atoms with van der Waals surface area (Å²) in [5, 5.41) is 0.612. The lowest BCUT2D eigenvalue weighted by molar-refractivity contribution is 0.146. The van der Waals surface area contributed by atoms with Crippen LogP contribution in [0.25, 0.3) is 10.9 Å². The van der Waals surface area contributed by atoms with E-state index in [-0.39, 0.29) is 5.69 Å². The molecule has 0 bridgehead atoms. The normalized spacial score (nSPS) is 14.4. The van der Waals surface area contributed by atoms with Gasteiger partial charge in [0.1, 0.15) is 5.69 Å². The van der Waals surface area contributed by atoms with Gasteiger partial charge in [0.15, 0.2) is 11.5 Å². The number of hydrogen-bond acceptors (Lipinski definition) is 5. The van der Waals surface area contributed by atoms with Crippen LogP contribution in [0.5, 0.6) is 11.5 Å². The predicted molar refractivity (Wildman–Crippen MR) is 70.1 cm³/mol. The van der Waals surface area contributed by atoms with Crippen molar-refractivity contribution in [2.75, 3.05) is 18.6 Å². The summed E-state index contributed by atoms with van der Waals surface area (Å²) in [5.74, 6) is 6.48. The summed E-state index contributed by atoms with van der Waals surface area (Å²) in [5.41, 5.74) is 2.85. The maximum atomic E-state index is 12.8. The van der Waals surface area contributed by atoms with Crippen LogP contribution in [0.4, 0.5) is 14.5 Å². The van der Waals surface area contributed by atoms with E-state index in [4.69, 9.17) is 15.3 Å². The molecule has 1 aliphatic heterocycles. The molecule has 0 spiro atoms. The minimum atomic E-state index is -2.66. The minimum Gasteiger partial charge on any atom is -0.490 e. The summed E-state index contributed by atoms with van der Waals surface area (Å²) in [6.45, 7) is 1.07. The molecule has 3 rings (SSSR count). The molecule has 1 aromatic carbocycles. The number of rotatable bonds is 2. The number of nitrogens with one attached hydrogen (secondary N) is 1. The van der Waals surface area contributed by atoms with Crippen molar-refractivity contribution in [3.63, 3.8) is 0 Å². The molecular formula is C13H13F2N3O2. The van der Waals surface area contributed by atoms with Crippen LogP contribution in [0, 0.1) is 0 Å². The maximum absolute atomic E-state index is 12.8. The molecule has 5 nitrogen and oxygen atoms in total. The molecule has 1 aliphatic rings. The summed E-state index contributed by atoms with van der Waals surface area (Å²) in [6, 6.07) is 4.53. The van der Waals surface area contributed by atoms with Gasteiger partial charge in [0.2, 0.25) is 0 Å². The number of alkyl halides is 2. The molecule has 7 heteroatoms. The summed E-state index contributed by atoms with van der Waals surface area (Å²) in [6.07, 6.45) is -1.90. The Morgan fingerprint density at radius 3 is 2.50 bits per heavy atom. The Morgan fingerprint density at radius 1 is 1.15 bits per heavy atom. The van der Waals surface area contributed by atoms with Crippen molar-refractivity contribution in [3.05, 3.63) is 23.9 Å². The number of benzene rings is 1. The van der Waals surface area contributed by atoms with Gasteiger partial charge in [-0.05, 0) is 12.1 Å². The summed E-state index contributed by atoms with van der Waals surface area (Å²) in [4.78, 5) is 3.94. The number of nitrogens with two attached hydrogens (primary N) is 1. The monoisotopic (exact) mass is 281 g/mol. The Kier molecular flexibility index (Phi) is 3.27. The Balaban J connectivity index is 2.22. The van der Waals surface area contributed by atoms with E-state index in [2.05, 4.69) is 10.4 Å². The van der Waals surface area contributed by atoms with E-state index in [9.17, 15) is 8.78 Å². The van der Waals surface area contributed by atoms with Gasteiger partial charge in [-0.3, -0.25) is 5.84 Å². The molecule has 0 unspecified atom stereocenters. The quantitative estimate of drug-likeness (QED) is 0.654. The van der Waals surface area contributed by atoms with Crippen molar-refractivity contribution in [3.8, 4) is 11.5 Å². The third-order valence-corrected chi connectivity index (χ3v) is 3.08. The first-order chi connectivity index (χ1) is 9.69. The number of pyridine rings is 1. The van der Waals surface area contributed by atoms with Gasteiger partial charge in [0, 0.05) is 17.9 Å². The topological polar surface area (TPSA) is 69.4 Å². The zero-order valence-corrected chi connectivity index (χ0v) is 10.5. The standard InChI is InChI=1S/C13H13F2N3O2/c14-13(15)10-5-9(18-16)7-4-11-12(6-8(7)17-10)20-3-1-2-19-11/h4-6,13H,1-3,16H2,(H,17,18). The summed E-state index contributed by atoms with van der Waals surface area (Å²) >= 11 is 0. The molecule has 20 heavy (non-hydrogen) atoms. The second-order valence-corrected chi connectivity index (χ2v) is 4.41. The number of aromatic nitrogens is 1. The summed E-state index contributed by atoms with van der Waals surface area (Å²) in [7, 11) is 0. The highest BCUT2D eigenvalue weighted by atomic mass is 19.3. The fraction of sp³-hybridized carbons (Fsp3) is 0.308. The lowest BCUT2D eigenvalue weighted by Gasteiger charge is -2.12. The van der Waals surface area contributed by atoms with Gasteiger partial charge in [-0.15, -0.1) is 0 Å².